The predicted octanol–water partition coefficient (Wildman–Crippen LogP) is 2.18. The molecule has 0 bridgehead atoms. The number of amides is 1. The third kappa shape index (κ3) is 4.04. The van der Waals surface area contributed by atoms with Crippen LogP contribution in [0.3, 0.4) is 0 Å². The quantitative estimate of drug-likeness (QED) is 0.737. The van der Waals surface area contributed by atoms with Gasteiger partial charge < -0.3 is 9.64 Å². The van der Waals surface area contributed by atoms with Gasteiger partial charge in [0.25, 0.3) is 0 Å². The Balaban J connectivity index is 2.86. The first kappa shape index (κ1) is 15.7. The maximum absolute atomic E-state index is 12.1. The Morgan fingerprint density at radius 3 is 2.11 bits per heavy atom. The summed E-state index contributed by atoms with van der Waals surface area (Å²) in [5, 5.41) is 0. The van der Waals surface area contributed by atoms with Crippen molar-refractivity contribution in [1.82, 2.24) is 4.90 Å². The number of nitrogens with zero attached hydrogens (tertiary/aromatic N) is 1. The third-order valence-corrected chi connectivity index (χ3v) is 3.19. The van der Waals surface area contributed by atoms with Gasteiger partial charge in [0.15, 0.2) is 0 Å². The van der Waals surface area contributed by atoms with E-state index in [0.29, 0.717) is 13.0 Å². The summed E-state index contributed by atoms with van der Waals surface area (Å²) >= 11 is 0. The van der Waals surface area contributed by atoms with Crippen molar-refractivity contribution in [1.29, 1.82) is 0 Å². The fraction of sp³-hybridized carbons (Fsp3) is 0.786. The number of carbonyl (C=O) groups excluding carboxylic acids is 3. The van der Waals surface area contributed by atoms with E-state index >= 15 is 0 Å². The van der Waals surface area contributed by atoms with Gasteiger partial charge in [-0.25, -0.2) is 4.79 Å². The molecule has 1 unspecified atom stereocenters. The summed E-state index contributed by atoms with van der Waals surface area (Å²) in [6.07, 6.45) is 1.02. The molecule has 19 heavy (non-hydrogen) atoms. The second kappa shape index (κ2) is 5.72. The van der Waals surface area contributed by atoms with Crippen LogP contribution in [0.1, 0.15) is 47.5 Å². The van der Waals surface area contributed by atoms with E-state index in [2.05, 4.69) is 0 Å². The summed E-state index contributed by atoms with van der Waals surface area (Å²) in [6.45, 7) is 8.72. The predicted molar refractivity (Wildman–Crippen MR) is 70.8 cm³/mol. The molecule has 5 nitrogen and oxygen atoms in total. The van der Waals surface area contributed by atoms with Crippen molar-refractivity contribution in [2.45, 2.75) is 59.1 Å². The zero-order valence-corrected chi connectivity index (χ0v) is 12.4. The van der Waals surface area contributed by atoms with Crippen LogP contribution in [0.15, 0.2) is 0 Å². The van der Waals surface area contributed by atoms with E-state index in [4.69, 9.17) is 4.74 Å². The van der Waals surface area contributed by atoms with E-state index in [0.717, 1.165) is 6.42 Å². The van der Waals surface area contributed by atoms with Gasteiger partial charge in [0.1, 0.15) is 17.2 Å². The number of rotatable bonds is 3. The second-order valence-electron chi connectivity index (χ2n) is 6.08. The van der Waals surface area contributed by atoms with Crippen LogP contribution in [0.4, 0.5) is 4.79 Å². The number of carbonyl (C=O) groups is 3. The molecule has 1 aliphatic heterocycles. The van der Waals surface area contributed by atoms with Gasteiger partial charge in [0.05, 0.1) is 12.0 Å². The summed E-state index contributed by atoms with van der Waals surface area (Å²) in [4.78, 5) is 36.9. The first-order valence-electron chi connectivity index (χ1n) is 6.64. The molecule has 1 saturated heterocycles. The van der Waals surface area contributed by atoms with E-state index in [9.17, 15) is 14.4 Å². The van der Waals surface area contributed by atoms with Gasteiger partial charge in [-0.15, -0.1) is 0 Å². The minimum Gasteiger partial charge on any atom is -0.444 e. The SMILES string of the molecule is CC(=O)C(C(C)=O)C1CCCN1C(=O)OC(C)(C)C. The van der Waals surface area contributed by atoms with Crippen LogP contribution >= 0.6 is 0 Å². The highest BCUT2D eigenvalue weighted by molar-refractivity contribution is 6.01. The van der Waals surface area contributed by atoms with Crippen molar-refractivity contribution in [2.75, 3.05) is 6.54 Å². The highest BCUT2D eigenvalue weighted by Crippen LogP contribution is 2.27. The molecule has 0 spiro atoms. The third-order valence-electron chi connectivity index (χ3n) is 3.19. The number of Topliss-reactive ketones (excluding diaryl/α,β-unsaturated/α-hetero) is 2. The molecule has 0 saturated carbocycles. The number of ether oxygens (including phenoxy) is 1. The highest BCUT2D eigenvalue weighted by atomic mass is 16.6. The number of likely N-dealkylation sites (tertiary alicyclic amines) is 1. The number of hydrogen-bond acceptors (Lipinski definition) is 4. The zero-order chi connectivity index (χ0) is 14.8. The Labute approximate surface area is 114 Å². The fourth-order valence-corrected chi connectivity index (χ4v) is 2.51. The van der Waals surface area contributed by atoms with Crippen LogP contribution in [0.2, 0.25) is 0 Å². The van der Waals surface area contributed by atoms with Crippen molar-refractivity contribution in [2.24, 2.45) is 5.92 Å². The van der Waals surface area contributed by atoms with Crippen LogP contribution < -0.4 is 0 Å². The van der Waals surface area contributed by atoms with Crippen LogP contribution in [0.5, 0.6) is 0 Å². The van der Waals surface area contributed by atoms with Gasteiger partial charge in [-0.3, -0.25) is 9.59 Å². The lowest BCUT2D eigenvalue weighted by atomic mass is 9.90. The molecule has 0 aromatic carbocycles. The lowest BCUT2D eigenvalue weighted by molar-refractivity contribution is -0.132. The maximum atomic E-state index is 12.1. The monoisotopic (exact) mass is 269 g/mol. The van der Waals surface area contributed by atoms with Crippen LogP contribution in [0.25, 0.3) is 0 Å². The molecule has 0 N–H and O–H groups in total. The van der Waals surface area contributed by atoms with E-state index < -0.39 is 17.6 Å². The van der Waals surface area contributed by atoms with Crippen LogP contribution in [0, 0.1) is 5.92 Å². The Bertz CT molecular complexity index is 369. The summed E-state index contributed by atoms with van der Waals surface area (Å²) in [7, 11) is 0. The van der Waals surface area contributed by atoms with E-state index in [1.54, 1.807) is 20.8 Å². The van der Waals surface area contributed by atoms with Crippen molar-refractivity contribution < 1.29 is 19.1 Å². The van der Waals surface area contributed by atoms with Crippen LogP contribution in [-0.4, -0.2) is 40.7 Å². The first-order chi connectivity index (χ1) is 8.63. The molecule has 0 radical (unpaired) electrons. The largest absolute Gasteiger partial charge is 0.444 e. The minimum absolute atomic E-state index is 0.187. The molecule has 108 valence electrons. The topological polar surface area (TPSA) is 63.7 Å². The van der Waals surface area contributed by atoms with Crippen molar-refractivity contribution >= 4 is 17.7 Å². The molecule has 1 amide bonds. The zero-order valence-electron chi connectivity index (χ0n) is 12.4. The Morgan fingerprint density at radius 1 is 1.16 bits per heavy atom. The molecule has 0 aliphatic carbocycles. The first-order valence-corrected chi connectivity index (χ1v) is 6.64. The Kier molecular flexibility index (Phi) is 4.71. The lowest BCUT2D eigenvalue weighted by Crippen LogP contribution is -2.46. The average Bonchev–Trinajstić information content (AvgIpc) is 2.62. The van der Waals surface area contributed by atoms with Gasteiger partial charge >= 0.3 is 6.09 Å². The summed E-state index contributed by atoms with van der Waals surface area (Å²) in [5.74, 6) is -1.10. The van der Waals surface area contributed by atoms with Gasteiger partial charge in [-0.1, -0.05) is 0 Å². The summed E-state index contributed by atoms with van der Waals surface area (Å²) in [6, 6.07) is -0.357. The van der Waals surface area contributed by atoms with Crippen molar-refractivity contribution in [3.05, 3.63) is 0 Å². The molecule has 5 heteroatoms. The molecular weight excluding hydrogens is 246 g/mol. The van der Waals surface area contributed by atoms with Crippen LogP contribution in [-0.2, 0) is 14.3 Å². The molecular formula is C14H23NO4. The van der Waals surface area contributed by atoms with Gasteiger partial charge in [-0.05, 0) is 47.5 Å². The van der Waals surface area contributed by atoms with E-state index in [1.807, 2.05) is 0 Å². The maximum Gasteiger partial charge on any atom is 0.410 e. The van der Waals surface area contributed by atoms with Gasteiger partial charge in [0.2, 0.25) is 0 Å². The minimum atomic E-state index is -0.727. The summed E-state index contributed by atoms with van der Waals surface area (Å²) < 4.78 is 5.33. The fourth-order valence-electron chi connectivity index (χ4n) is 2.51. The normalized spacial score (nSPS) is 19.7. The Morgan fingerprint density at radius 2 is 1.68 bits per heavy atom. The van der Waals surface area contributed by atoms with Gasteiger partial charge in [0, 0.05) is 6.54 Å². The number of ketones is 2. The molecule has 1 rings (SSSR count). The highest BCUT2D eigenvalue weighted by Gasteiger charge is 2.40. The van der Waals surface area contributed by atoms with Gasteiger partial charge in [-0.2, -0.15) is 0 Å². The molecule has 0 aromatic rings. The van der Waals surface area contributed by atoms with Crippen molar-refractivity contribution in [3.63, 3.8) is 0 Å². The van der Waals surface area contributed by atoms with Crippen molar-refractivity contribution in [3.8, 4) is 0 Å². The summed E-state index contributed by atoms with van der Waals surface area (Å²) in [5.41, 5.74) is -0.577. The molecule has 1 atom stereocenters. The second-order valence-corrected chi connectivity index (χ2v) is 6.08. The molecule has 1 fully saturated rings. The Hall–Kier alpha value is -1.39. The average molecular weight is 269 g/mol. The van der Waals surface area contributed by atoms with E-state index in [1.165, 1.54) is 18.7 Å². The molecule has 1 aliphatic rings. The molecule has 0 aromatic heterocycles. The standard InChI is InChI=1S/C14H23NO4/c1-9(16)12(10(2)17)11-7-6-8-15(11)13(18)19-14(3,4)5/h11-12H,6-8H2,1-5H3. The number of hydrogen-bond donors (Lipinski definition) is 0. The molecule has 1 heterocycles. The lowest BCUT2D eigenvalue weighted by Gasteiger charge is -2.31. The van der Waals surface area contributed by atoms with E-state index in [-0.39, 0.29) is 17.6 Å². The smallest absolute Gasteiger partial charge is 0.410 e.